The third kappa shape index (κ3) is 3.94. The fourth-order valence-electron chi connectivity index (χ4n) is 4.01. The topological polar surface area (TPSA) is 40.7 Å². The van der Waals surface area contributed by atoms with E-state index in [4.69, 9.17) is 11.6 Å². The van der Waals surface area contributed by atoms with E-state index in [0.717, 1.165) is 41.2 Å². The quantitative estimate of drug-likeness (QED) is 0.529. The number of hydrogen-bond donors (Lipinski definition) is 2. The summed E-state index contributed by atoms with van der Waals surface area (Å²) in [4.78, 5) is 7.41. The van der Waals surface area contributed by atoms with Crippen LogP contribution in [-0.4, -0.2) is 16.5 Å². The Morgan fingerprint density at radius 3 is 2.65 bits per heavy atom. The normalized spacial score (nSPS) is 15.6. The SMILES string of the molecule is Clc1c(-c2ccc(CNCCC3CCCCC3)cc2)ccc2[nH]cnc12. The number of nitrogens with one attached hydrogen (secondary N) is 2. The van der Waals surface area contributed by atoms with E-state index in [9.17, 15) is 0 Å². The van der Waals surface area contributed by atoms with Crippen LogP contribution in [0.3, 0.4) is 0 Å². The molecule has 0 amide bonds. The number of H-pyrrole nitrogens is 1. The minimum atomic E-state index is 0.710. The monoisotopic (exact) mass is 367 g/mol. The van der Waals surface area contributed by atoms with E-state index >= 15 is 0 Å². The van der Waals surface area contributed by atoms with Gasteiger partial charge in [0.1, 0.15) is 5.52 Å². The second-order valence-electron chi connectivity index (χ2n) is 7.39. The molecule has 4 rings (SSSR count). The highest BCUT2D eigenvalue weighted by Crippen LogP contribution is 2.33. The number of fused-ring (bicyclic) bond motifs is 1. The lowest BCUT2D eigenvalue weighted by Gasteiger charge is -2.21. The predicted octanol–water partition coefficient (Wildman–Crippen LogP) is 5.94. The standard InChI is InChI=1S/C22H26ClN3/c23-21-19(10-11-20-22(21)26-15-25-20)18-8-6-17(7-9-18)14-24-13-12-16-4-2-1-3-5-16/h6-11,15-16,24H,1-5,12-14H2,(H,25,26). The highest BCUT2D eigenvalue weighted by molar-refractivity contribution is 6.37. The third-order valence-corrected chi connectivity index (χ3v) is 5.96. The van der Waals surface area contributed by atoms with Gasteiger partial charge in [-0.2, -0.15) is 0 Å². The Bertz CT molecular complexity index is 847. The molecule has 0 aliphatic heterocycles. The van der Waals surface area contributed by atoms with Gasteiger partial charge in [-0.1, -0.05) is 74.0 Å². The van der Waals surface area contributed by atoms with Gasteiger partial charge in [0.15, 0.2) is 0 Å². The summed E-state index contributed by atoms with van der Waals surface area (Å²) >= 11 is 6.54. The highest BCUT2D eigenvalue weighted by atomic mass is 35.5. The number of halogens is 1. The molecule has 1 fully saturated rings. The molecule has 4 heteroatoms. The molecule has 0 bridgehead atoms. The zero-order valence-electron chi connectivity index (χ0n) is 15.1. The van der Waals surface area contributed by atoms with E-state index in [1.807, 2.05) is 6.07 Å². The number of hydrogen-bond acceptors (Lipinski definition) is 2. The van der Waals surface area contributed by atoms with Crippen molar-refractivity contribution >= 4 is 22.6 Å². The van der Waals surface area contributed by atoms with Gasteiger partial charge in [0, 0.05) is 12.1 Å². The molecular weight excluding hydrogens is 342 g/mol. The molecule has 2 N–H and O–H groups in total. The summed E-state index contributed by atoms with van der Waals surface area (Å²) in [6, 6.07) is 12.8. The highest BCUT2D eigenvalue weighted by Gasteiger charge is 2.12. The zero-order valence-corrected chi connectivity index (χ0v) is 15.9. The van der Waals surface area contributed by atoms with Crippen molar-refractivity contribution < 1.29 is 0 Å². The summed E-state index contributed by atoms with van der Waals surface area (Å²) < 4.78 is 0. The molecule has 3 aromatic rings. The van der Waals surface area contributed by atoms with Crippen molar-refractivity contribution in [3.63, 3.8) is 0 Å². The van der Waals surface area contributed by atoms with E-state index in [1.54, 1.807) is 6.33 Å². The van der Waals surface area contributed by atoms with Gasteiger partial charge in [-0.3, -0.25) is 0 Å². The maximum Gasteiger partial charge on any atom is 0.107 e. The molecule has 136 valence electrons. The molecule has 0 unspecified atom stereocenters. The smallest absolute Gasteiger partial charge is 0.107 e. The van der Waals surface area contributed by atoms with E-state index in [-0.39, 0.29) is 0 Å². The Balaban J connectivity index is 1.34. The minimum absolute atomic E-state index is 0.710. The maximum atomic E-state index is 6.54. The summed E-state index contributed by atoms with van der Waals surface area (Å²) in [6.07, 6.45) is 10.2. The van der Waals surface area contributed by atoms with Crippen LogP contribution < -0.4 is 5.32 Å². The van der Waals surface area contributed by atoms with Gasteiger partial charge in [0.2, 0.25) is 0 Å². The van der Waals surface area contributed by atoms with Crippen molar-refractivity contribution in [1.29, 1.82) is 0 Å². The van der Waals surface area contributed by atoms with Crippen molar-refractivity contribution in [2.45, 2.75) is 45.1 Å². The number of aromatic amines is 1. The second kappa shape index (κ2) is 8.24. The first-order valence-electron chi connectivity index (χ1n) is 9.73. The van der Waals surface area contributed by atoms with Gasteiger partial charge in [0.25, 0.3) is 0 Å². The van der Waals surface area contributed by atoms with Crippen LogP contribution in [0.1, 0.15) is 44.1 Å². The van der Waals surface area contributed by atoms with Crippen molar-refractivity contribution in [3.8, 4) is 11.1 Å². The molecule has 0 saturated heterocycles. The molecule has 2 aromatic carbocycles. The van der Waals surface area contributed by atoms with Gasteiger partial charge in [-0.25, -0.2) is 4.98 Å². The van der Waals surface area contributed by atoms with Crippen LogP contribution in [0.2, 0.25) is 5.02 Å². The molecule has 1 heterocycles. The van der Waals surface area contributed by atoms with Crippen LogP contribution in [0.15, 0.2) is 42.7 Å². The van der Waals surface area contributed by atoms with E-state index in [0.29, 0.717) is 5.02 Å². The number of imidazole rings is 1. The zero-order chi connectivity index (χ0) is 17.8. The Kier molecular flexibility index (Phi) is 5.57. The fourth-order valence-corrected chi connectivity index (χ4v) is 4.34. The van der Waals surface area contributed by atoms with Gasteiger partial charge >= 0.3 is 0 Å². The Morgan fingerprint density at radius 1 is 1.04 bits per heavy atom. The summed E-state index contributed by atoms with van der Waals surface area (Å²) in [6.45, 7) is 2.05. The third-order valence-electron chi connectivity index (χ3n) is 5.58. The van der Waals surface area contributed by atoms with Crippen LogP contribution >= 0.6 is 11.6 Å². The van der Waals surface area contributed by atoms with Gasteiger partial charge in [-0.05, 0) is 36.1 Å². The minimum Gasteiger partial charge on any atom is -0.345 e. The number of rotatable bonds is 6. The van der Waals surface area contributed by atoms with E-state index in [1.165, 1.54) is 44.1 Å². The molecule has 1 aliphatic rings. The van der Waals surface area contributed by atoms with Gasteiger partial charge in [0.05, 0.1) is 16.9 Å². The van der Waals surface area contributed by atoms with Gasteiger partial charge < -0.3 is 10.3 Å². The average molecular weight is 368 g/mol. The molecular formula is C22H26ClN3. The molecule has 1 aromatic heterocycles. The van der Waals surface area contributed by atoms with Crippen molar-refractivity contribution in [3.05, 3.63) is 53.3 Å². The average Bonchev–Trinajstić information content (AvgIpc) is 3.17. The lowest BCUT2D eigenvalue weighted by molar-refractivity contribution is 0.334. The number of nitrogens with zero attached hydrogens (tertiary/aromatic N) is 1. The van der Waals surface area contributed by atoms with Crippen molar-refractivity contribution in [2.24, 2.45) is 5.92 Å². The molecule has 0 atom stereocenters. The van der Waals surface area contributed by atoms with Crippen LogP contribution in [0.4, 0.5) is 0 Å². The van der Waals surface area contributed by atoms with Gasteiger partial charge in [-0.15, -0.1) is 0 Å². The van der Waals surface area contributed by atoms with Crippen molar-refractivity contribution in [2.75, 3.05) is 6.54 Å². The molecule has 1 aliphatic carbocycles. The second-order valence-corrected chi connectivity index (χ2v) is 7.77. The Morgan fingerprint density at radius 2 is 1.85 bits per heavy atom. The summed E-state index contributed by atoms with van der Waals surface area (Å²) in [5, 5.41) is 4.31. The van der Waals surface area contributed by atoms with E-state index < -0.39 is 0 Å². The maximum absolute atomic E-state index is 6.54. The number of aromatic nitrogens is 2. The van der Waals surface area contributed by atoms with Crippen LogP contribution in [0.5, 0.6) is 0 Å². The summed E-state index contributed by atoms with van der Waals surface area (Å²) in [7, 11) is 0. The fraction of sp³-hybridized carbons (Fsp3) is 0.409. The molecule has 0 spiro atoms. The summed E-state index contributed by atoms with van der Waals surface area (Å²) in [5.74, 6) is 0.942. The van der Waals surface area contributed by atoms with Crippen molar-refractivity contribution in [1.82, 2.24) is 15.3 Å². The Labute approximate surface area is 160 Å². The van der Waals surface area contributed by atoms with Crippen LogP contribution in [0, 0.1) is 5.92 Å². The van der Waals surface area contributed by atoms with Crippen LogP contribution in [-0.2, 0) is 6.54 Å². The largest absolute Gasteiger partial charge is 0.345 e. The molecule has 3 nitrogen and oxygen atoms in total. The lowest BCUT2D eigenvalue weighted by atomic mass is 9.87. The molecule has 1 saturated carbocycles. The molecule has 0 radical (unpaired) electrons. The van der Waals surface area contributed by atoms with E-state index in [2.05, 4.69) is 45.6 Å². The van der Waals surface area contributed by atoms with Crippen LogP contribution in [0.25, 0.3) is 22.2 Å². The summed E-state index contributed by atoms with van der Waals surface area (Å²) in [5.41, 5.74) is 5.28. The Hall–Kier alpha value is -1.84. The first-order chi connectivity index (χ1) is 12.8. The predicted molar refractivity (Wildman–Crippen MR) is 109 cm³/mol. The number of benzene rings is 2. The lowest BCUT2D eigenvalue weighted by Crippen LogP contribution is -2.19. The molecule has 26 heavy (non-hydrogen) atoms. The first kappa shape index (κ1) is 17.6. The first-order valence-corrected chi connectivity index (χ1v) is 10.1.